The van der Waals surface area contributed by atoms with E-state index in [2.05, 4.69) is 15.2 Å². The van der Waals surface area contributed by atoms with E-state index in [-0.39, 0.29) is 18.4 Å². The number of H-pyrrole nitrogens is 1. The number of aromatic nitrogens is 3. The molecule has 0 bridgehead atoms. The predicted molar refractivity (Wildman–Crippen MR) is 89.5 cm³/mol. The highest BCUT2D eigenvalue weighted by Gasteiger charge is 2.39. The standard InChI is InChI=1S/C17H21N5O2/c1-12-4-6-13(7-5-12)22-9-8-21(10-14(22)23)16(24)17(2,3)15-18-11-19-20-15/h4-7,11H,8-10H2,1-3H3,(H,18,19,20). The quantitative estimate of drug-likeness (QED) is 0.920. The third kappa shape index (κ3) is 2.89. The van der Waals surface area contributed by atoms with E-state index in [0.29, 0.717) is 18.9 Å². The lowest BCUT2D eigenvalue weighted by Crippen LogP contribution is -2.56. The Hall–Kier alpha value is -2.70. The Kier molecular flexibility index (Phi) is 4.09. The van der Waals surface area contributed by atoms with Crippen LogP contribution in [0.4, 0.5) is 5.69 Å². The van der Waals surface area contributed by atoms with E-state index >= 15 is 0 Å². The van der Waals surface area contributed by atoms with Crippen molar-refractivity contribution in [2.75, 3.05) is 24.5 Å². The molecule has 0 aliphatic carbocycles. The van der Waals surface area contributed by atoms with Crippen LogP contribution in [-0.4, -0.2) is 51.5 Å². The third-order valence-corrected chi connectivity index (χ3v) is 4.40. The number of rotatable bonds is 3. The van der Waals surface area contributed by atoms with Gasteiger partial charge < -0.3 is 9.80 Å². The summed E-state index contributed by atoms with van der Waals surface area (Å²) in [7, 11) is 0. The number of benzene rings is 1. The lowest BCUT2D eigenvalue weighted by Gasteiger charge is -2.37. The molecule has 7 nitrogen and oxygen atoms in total. The molecule has 7 heteroatoms. The van der Waals surface area contributed by atoms with Crippen LogP contribution in [0.1, 0.15) is 25.2 Å². The van der Waals surface area contributed by atoms with Crippen molar-refractivity contribution < 1.29 is 9.59 Å². The van der Waals surface area contributed by atoms with Crippen LogP contribution in [0.15, 0.2) is 30.6 Å². The highest BCUT2D eigenvalue weighted by molar-refractivity contribution is 5.99. The van der Waals surface area contributed by atoms with Gasteiger partial charge in [0.25, 0.3) is 0 Å². The number of piperazine rings is 1. The Bertz CT molecular complexity index is 737. The molecule has 0 spiro atoms. The van der Waals surface area contributed by atoms with E-state index < -0.39 is 5.41 Å². The van der Waals surface area contributed by atoms with Gasteiger partial charge in [-0.25, -0.2) is 4.98 Å². The van der Waals surface area contributed by atoms with Crippen molar-refractivity contribution in [3.63, 3.8) is 0 Å². The summed E-state index contributed by atoms with van der Waals surface area (Å²) in [5.74, 6) is 0.295. The summed E-state index contributed by atoms with van der Waals surface area (Å²) in [4.78, 5) is 32.7. The lowest BCUT2D eigenvalue weighted by molar-refractivity contribution is -0.141. The molecule has 2 amide bonds. The smallest absolute Gasteiger partial charge is 0.246 e. The van der Waals surface area contributed by atoms with Gasteiger partial charge in [-0.15, -0.1) is 0 Å². The van der Waals surface area contributed by atoms with E-state index in [9.17, 15) is 9.59 Å². The number of nitrogens with zero attached hydrogens (tertiary/aromatic N) is 4. The minimum absolute atomic E-state index is 0.0737. The first-order valence-corrected chi connectivity index (χ1v) is 7.92. The van der Waals surface area contributed by atoms with Crippen LogP contribution in [-0.2, 0) is 15.0 Å². The summed E-state index contributed by atoms with van der Waals surface area (Å²) >= 11 is 0. The van der Waals surface area contributed by atoms with Gasteiger partial charge in [0, 0.05) is 18.8 Å². The summed E-state index contributed by atoms with van der Waals surface area (Å²) < 4.78 is 0. The number of carbonyl (C=O) groups is 2. The van der Waals surface area contributed by atoms with Gasteiger partial charge in [0.15, 0.2) is 0 Å². The van der Waals surface area contributed by atoms with Crippen LogP contribution in [0.2, 0.25) is 0 Å². The van der Waals surface area contributed by atoms with Crippen molar-refractivity contribution in [2.24, 2.45) is 0 Å². The lowest BCUT2D eigenvalue weighted by atomic mass is 9.90. The van der Waals surface area contributed by atoms with Gasteiger partial charge in [-0.05, 0) is 32.9 Å². The molecule has 1 aromatic carbocycles. The number of hydrogen-bond acceptors (Lipinski definition) is 4. The summed E-state index contributed by atoms with van der Waals surface area (Å²) in [5.41, 5.74) is 1.17. The van der Waals surface area contributed by atoms with Crippen molar-refractivity contribution in [3.8, 4) is 0 Å². The normalized spacial score (nSPS) is 15.7. The molecule has 1 aliphatic rings. The number of anilines is 1. The minimum Gasteiger partial charge on any atom is -0.331 e. The monoisotopic (exact) mass is 327 g/mol. The zero-order valence-corrected chi connectivity index (χ0v) is 14.1. The van der Waals surface area contributed by atoms with Gasteiger partial charge in [-0.3, -0.25) is 14.7 Å². The number of carbonyl (C=O) groups excluding carboxylic acids is 2. The molecule has 0 saturated carbocycles. The topological polar surface area (TPSA) is 82.2 Å². The van der Waals surface area contributed by atoms with Crippen LogP contribution in [0, 0.1) is 6.92 Å². The number of nitrogens with one attached hydrogen (secondary N) is 1. The molecule has 2 aromatic rings. The van der Waals surface area contributed by atoms with E-state index in [1.54, 1.807) is 23.6 Å². The van der Waals surface area contributed by atoms with Gasteiger partial charge in [0.1, 0.15) is 24.1 Å². The second-order valence-electron chi connectivity index (χ2n) is 6.57. The fourth-order valence-electron chi connectivity index (χ4n) is 2.85. The zero-order chi connectivity index (χ0) is 17.3. The Morgan fingerprint density at radius 2 is 1.92 bits per heavy atom. The number of aromatic amines is 1. The second kappa shape index (κ2) is 6.07. The molecule has 1 saturated heterocycles. The van der Waals surface area contributed by atoms with Crippen molar-refractivity contribution in [3.05, 3.63) is 42.0 Å². The highest BCUT2D eigenvalue weighted by atomic mass is 16.2. The fourth-order valence-corrected chi connectivity index (χ4v) is 2.85. The maximum absolute atomic E-state index is 12.8. The maximum atomic E-state index is 12.8. The van der Waals surface area contributed by atoms with Crippen LogP contribution in [0.5, 0.6) is 0 Å². The van der Waals surface area contributed by atoms with Crippen molar-refractivity contribution >= 4 is 17.5 Å². The van der Waals surface area contributed by atoms with E-state index in [4.69, 9.17) is 0 Å². The average Bonchev–Trinajstić information content (AvgIpc) is 3.10. The van der Waals surface area contributed by atoms with Crippen LogP contribution < -0.4 is 4.90 Å². The Balaban J connectivity index is 1.72. The summed E-state index contributed by atoms with van der Waals surface area (Å²) in [6, 6.07) is 7.83. The van der Waals surface area contributed by atoms with Gasteiger partial charge in [0.2, 0.25) is 11.8 Å². The molecule has 0 radical (unpaired) electrons. The zero-order valence-electron chi connectivity index (χ0n) is 14.1. The molecular formula is C17H21N5O2. The number of amides is 2. The maximum Gasteiger partial charge on any atom is 0.246 e. The van der Waals surface area contributed by atoms with E-state index in [1.807, 2.05) is 31.2 Å². The Labute approximate surface area is 140 Å². The Morgan fingerprint density at radius 1 is 1.21 bits per heavy atom. The van der Waals surface area contributed by atoms with Crippen LogP contribution in [0.3, 0.4) is 0 Å². The molecule has 2 heterocycles. The molecule has 1 aromatic heterocycles. The van der Waals surface area contributed by atoms with Gasteiger partial charge in [0.05, 0.1) is 0 Å². The summed E-state index contributed by atoms with van der Waals surface area (Å²) in [6.07, 6.45) is 1.38. The first-order valence-electron chi connectivity index (χ1n) is 7.92. The number of hydrogen-bond donors (Lipinski definition) is 1. The SMILES string of the molecule is Cc1ccc(N2CCN(C(=O)C(C)(C)c3ncn[nH]3)CC2=O)cc1. The summed E-state index contributed by atoms with van der Waals surface area (Å²) in [5, 5.41) is 6.55. The van der Waals surface area contributed by atoms with Crippen LogP contribution in [0.25, 0.3) is 0 Å². The Morgan fingerprint density at radius 3 is 2.50 bits per heavy atom. The first-order chi connectivity index (χ1) is 11.4. The first kappa shape index (κ1) is 16.2. The molecule has 24 heavy (non-hydrogen) atoms. The van der Waals surface area contributed by atoms with Crippen molar-refractivity contribution in [1.82, 2.24) is 20.1 Å². The van der Waals surface area contributed by atoms with Gasteiger partial charge >= 0.3 is 0 Å². The summed E-state index contributed by atoms with van der Waals surface area (Å²) in [6.45, 7) is 6.63. The molecule has 0 atom stereocenters. The third-order valence-electron chi connectivity index (χ3n) is 4.40. The predicted octanol–water partition coefficient (Wildman–Crippen LogP) is 1.27. The molecule has 126 valence electrons. The van der Waals surface area contributed by atoms with Gasteiger partial charge in [-0.2, -0.15) is 5.10 Å². The second-order valence-corrected chi connectivity index (χ2v) is 6.57. The average molecular weight is 327 g/mol. The molecular weight excluding hydrogens is 306 g/mol. The minimum atomic E-state index is -0.844. The molecule has 1 fully saturated rings. The van der Waals surface area contributed by atoms with Crippen LogP contribution >= 0.6 is 0 Å². The molecule has 1 N–H and O–H groups in total. The number of aryl methyl sites for hydroxylation is 1. The van der Waals surface area contributed by atoms with Crippen molar-refractivity contribution in [1.29, 1.82) is 0 Å². The molecule has 3 rings (SSSR count). The van der Waals surface area contributed by atoms with E-state index in [0.717, 1.165) is 11.3 Å². The van der Waals surface area contributed by atoms with Crippen molar-refractivity contribution in [2.45, 2.75) is 26.2 Å². The van der Waals surface area contributed by atoms with E-state index in [1.165, 1.54) is 6.33 Å². The molecule has 0 unspecified atom stereocenters. The van der Waals surface area contributed by atoms with Gasteiger partial charge in [-0.1, -0.05) is 17.7 Å². The largest absolute Gasteiger partial charge is 0.331 e. The molecule has 1 aliphatic heterocycles. The highest BCUT2D eigenvalue weighted by Crippen LogP contribution is 2.24. The fraction of sp³-hybridized carbons (Fsp3) is 0.412.